The average molecular weight is 238 g/mol. The first-order valence-electron chi connectivity index (χ1n) is 5.07. The molecule has 0 radical (unpaired) electrons. The molecule has 0 saturated carbocycles. The van der Waals surface area contributed by atoms with Gasteiger partial charge in [0.15, 0.2) is 0 Å². The fourth-order valence-corrected chi connectivity index (χ4v) is 3.36. The van der Waals surface area contributed by atoms with Crippen LogP contribution in [0.4, 0.5) is 0 Å². The van der Waals surface area contributed by atoms with E-state index in [1.807, 2.05) is 29.3 Å². The summed E-state index contributed by atoms with van der Waals surface area (Å²) < 4.78 is 2.13. The van der Waals surface area contributed by atoms with Crippen LogP contribution in [0.1, 0.15) is 20.3 Å². The van der Waals surface area contributed by atoms with Crippen molar-refractivity contribution in [2.45, 2.75) is 25.5 Å². The Balaban J connectivity index is 2.14. The lowest BCUT2D eigenvalue weighted by Crippen LogP contribution is -1.90. The lowest BCUT2D eigenvalue weighted by Gasteiger charge is -2.07. The number of para-hydroxylation sites is 2. The van der Waals surface area contributed by atoms with E-state index >= 15 is 0 Å². The summed E-state index contributed by atoms with van der Waals surface area (Å²) in [6.07, 6.45) is 3.09. The molecule has 15 heavy (non-hydrogen) atoms. The van der Waals surface area contributed by atoms with Gasteiger partial charge in [-0.05, 0) is 18.6 Å². The maximum atomic E-state index is 4.35. The zero-order valence-corrected chi connectivity index (χ0v) is 10.5. The second-order valence-electron chi connectivity index (χ2n) is 3.45. The molecule has 1 unspecified atom stereocenters. The highest BCUT2D eigenvalue weighted by atomic mass is 33.1. The van der Waals surface area contributed by atoms with Crippen molar-refractivity contribution in [3.8, 4) is 0 Å². The Hall–Kier alpha value is -0.610. The molecule has 1 atom stereocenters. The second-order valence-corrected chi connectivity index (χ2v) is 6.01. The number of fused-ring (bicyclic) bond motifs is 1. The summed E-state index contributed by atoms with van der Waals surface area (Å²) in [5.41, 5.74) is 2.26. The lowest BCUT2D eigenvalue weighted by molar-refractivity contribution is 0.912. The number of nitrogens with zero attached hydrogens (tertiary/aromatic N) is 2. The second kappa shape index (κ2) is 4.94. The fraction of sp³-hybridized carbons (Fsp3) is 0.364. The smallest absolute Gasteiger partial charge is 0.107 e. The van der Waals surface area contributed by atoms with Gasteiger partial charge in [-0.25, -0.2) is 4.98 Å². The molecule has 0 saturated heterocycles. The van der Waals surface area contributed by atoms with Crippen molar-refractivity contribution >= 4 is 32.8 Å². The van der Waals surface area contributed by atoms with E-state index in [4.69, 9.17) is 0 Å². The van der Waals surface area contributed by atoms with Gasteiger partial charge in [-0.15, -0.1) is 0 Å². The summed E-state index contributed by atoms with van der Waals surface area (Å²) in [4.78, 5) is 4.35. The molecule has 0 aliphatic heterocycles. The molecule has 1 aromatic carbocycles. The molecule has 0 amide bonds. The van der Waals surface area contributed by atoms with E-state index in [1.54, 1.807) is 11.0 Å². The molecular weight excluding hydrogens is 224 g/mol. The molecule has 2 nitrogen and oxygen atoms in total. The highest BCUT2D eigenvalue weighted by molar-refractivity contribution is 8.76. The summed E-state index contributed by atoms with van der Waals surface area (Å²) in [5, 5.41) is 0.677. The van der Waals surface area contributed by atoms with Crippen LogP contribution in [0.5, 0.6) is 0 Å². The molecule has 0 aliphatic carbocycles. The van der Waals surface area contributed by atoms with Crippen molar-refractivity contribution in [2.75, 3.05) is 0 Å². The maximum Gasteiger partial charge on any atom is 0.107 e. The Kier molecular flexibility index (Phi) is 3.59. The van der Waals surface area contributed by atoms with E-state index in [-0.39, 0.29) is 0 Å². The van der Waals surface area contributed by atoms with E-state index in [0.29, 0.717) is 5.25 Å². The maximum absolute atomic E-state index is 4.35. The standard InChI is InChI=1S/C11H14N2S2/c1-3-9(2)14-15-13-8-12-10-6-4-5-7-11(10)13/h4-9H,3H2,1-2H3. The molecule has 0 spiro atoms. The number of rotatable bonds is 4. The van der Waals surface area contributed by atoms with Gasteiger partial charge in [-0.3, -0.25) is 3.97 Å². The van der Waals surface area contributed by atoms with Crippen molar-refractivity contribution in [1.29, 1.82) is 0 Å². The topological polar surface area (TPSA) is 17.8 Å². The van der Waals surface area contributed by atoms with Gasteiger partial charge in [-0.1, -0.05) is 36.8 Å². The van der Waals surface area contributed by atoms with E-state index in [0.717, 1.165) is 5.52 Å². The lowest BCUT2D eigenvalue weighted by atomic mass is 10.3. The summed E-state index contributed by atoms with van der Waals surface area (Å²) >= 11 is 0. The van der Waals surface area contributed by atoms with Crippen molar-refractivity contribution in [2.24, 2.45) is 0 Å². The van der Waals surface area contributed by atoms with Gasteiger partial charge in [0, 0.05) is 16.2 Å². The van der Waals surface area contributed by atoms with E-state index in [1.165, 1.54) is 11.9 Å². The zero-order valence-electron chi connectivity index (χ0n) is 8.88. The molecular formula is C11H14N2S2. The molecule has 2 aromatic rings. The first-order chi connectivity index (χ1) is 7.31. The predicted molar refractivity (Wildman–Crippen MR) is 70.1 cm³/mol. The first kappa shape index (κ1) is 10.9. The van der Waals surface area contributed by atoms with Crippen LogP contribution >= 0.6 is 21.8 Å². The molecule has 0 N–H and O–H groups in total. The average Bonchev–Trinajstić information content (AvgIpc) is 2.69. The van der Waals surface area contributed by atoms with Crippen LogP contribution in [-0.4, -0.2) is 14.2 Å². The van der Waals surface area contributed by atoms with Crippen molar-refractivity contribution in [3.05, 3.63) is 30.6 Å². The summed E-state index contributed by atoms with van der Waals surface area (Å²) in [6.45, 7) is 4.46. The summed E-state index contributed by atoms with van der Waals surface area (Å²) in [7, 11) is 3.65. The molecule has 0 aliphatic rings. The quantitative estimate of drug-likeness (QED) is 0.750. The Labute approximate surface area is 98.0 Å². The Morgan fingerprint density at radius 1 is 1.40 bits per heavy atom. The Morgan fingerprint density at radius 2 is 2.20 bits per heavy atom. The minimum Gasteiger partial charge on any atom is -0.263 e. The van der Waals surface area contributed by atoms with E-state index in [2.05, 4.69) is 34.9 Å². The van der Waals surface area contributed by atoms with Gasteiger partial charge in [0.1, 0.15) is 6.33 Å². The molecule has 1 heterocycles. The monoisotopic (exact) mass is 238 g/mol. The zero-order chi connectivity index (χ0) is 10.7. The fourth-order valence-electron chi connectivity index (χ4n) is 1.18. The van der Waals surface area contributed by atoms with Crippen LogP contribution in [0, 0.1) is 0 Å². The van der Waals surface area contributed by atoms with Crippen molar-refractivity contribution in [1.82, 2.24) is 8.96 Å². The molecule has 0 fully saturated rings. The highest BCUT2D eigenvalue weighted by Gasteiger charge is 2.04. The minimum atomic E-state index is 0.677. The van der Waals surface area contributed by atoms with Crippen molar-refractivity contribution in [3.63, 3.8) is 0 Å². The normalized spacial score (nSPS) is 13.2. The van der Waals surface area contributed by atoms with Crippen LogP contribution in [0.2, 0.25) is 0 Å². The van der Waals surface area contributed by atoms with Gasteiger partial charge < -0.3 is 0 Å². The summed E-state index contributed by atoms with van der Waals surface area (Å²) in [5.74, 6) is 0. The molecule has 80 valence electrons. The van der Waals surface area contributed by atoms with Crippen LogP contribution in [0.3, 0.4) is 0 Å². The molecule has 2 rings (SSSR count). The number of benzene rings is 1. The van der Waals surface area contributed by atoms with Crippen LogP contribution in [-0.2, 0) is 0 Å². The first-order valence-corrected chi connectivity index (χ1v) is 7.24. The molecule has 0 bridgehead atoms. The SMILES string of the molecule is CCC(C)SSn1cnc2ccccc21. The largest absolute Gasteiger partial charge is 0.263 e. The number of imidazole rings is 1. The Bertz CT molecular complexity index is 439. The van der Waals surface area contributed by atoms with Crippen molar-refractivity contribution < 1.29 is 0 Å². The van der Waals surface area contributed by atoms with Gasteiger partial charge in [0.05, 0.1) is 11.0 Å². The van der Waals surface area contributed by atoms with E-state index in [9.17, 15) is 0 Å². The number of hydrogen-bond donors (Lipinski definition) is 0. The van der Waals surface area contributed by atoms with Gasteiger partial charge in [0.25, 0.3) is 0 Å². The number of hydrogen-bond acceptors (Lipinski definition) is 3. The van der Waals surface area contributed by atoms with E-state index < -0.39 is 0 Å². The van der Waals surface area contributed by atoms with Gasteiger partial charge in [-0.2, -0.15) is 0 Å². The van der Waals surface area contributed by atoms with Crippen LogP contribution in [0.15, 0.2) is 30.6 Å². The summed E-state index contributed by atoms with van der Waals surface area (Å²) in [6, 6.07) is 8.22. The third kappa shape index (κ3) is 2.49. The van der Waals surface area contributed by atoms with Crippen LogP contribution < -0.4 is 0 Å². The third-order valence-electron chi connectivity index (χ3n) is 2.28. The third-order valence-corrected chi connectivity index (χ3v) is 5.21. The molecule has 4 heteroatoms. The minimum absolute atomic E-state index is 0.677. The van der Waals surface area contributed by atoms with Crippen LogP contribution in [0.25, 0.3) is 11.0 Å². The molecule has 1 aromatic heterocycles. The number of aromatic nitrogens is 2. The Morgan fingerprint density at radius 3 is 3.00 bits per heavy atom. The van der Waals surface area contributed by atoms with Gasteiger partial charge >= 0.3 is 0 Å². The predicted octanol–water partition coefficient (Wildman–Crippen LogP) is 3.98. The highest BCUT2D eigenvalue weighted by Crippen LogP contribution is 2.32. The van der Waals surface area contributed by atoms with Gasteiger partial charge in [0.2, 0.25) is 0 Å².